The summed E-state index contributed by atoms with van der Waals surface area (Å²) < 4.78 is 115. The topological polar surface area (TPSA) is 115 Å². The number of anilines is 6. The van der Waals surface area contributed by atoms with Crippen LogP contribution in [0.5, 0.6) is 0 Å². The van der Waals surface area contributed by atoms with Gasteiger partial charge in [-0.2, -0.15) is 43.2 Å². The van der Waals surface area contributed by atoms with Crippen LogP contribution in [0.25, 0.3) is 12.2 Å². The molecule has 2 N–H and O–H groups in total. The molecule has 0 radical (unpaired) electrons. The van der Waals surface area contributed by atoms with Crippen LogP contribution in [0.15, 0.2) is 216 Å². The lowest BCUT2D eigenvalue weighted by Gasteiger charge is -2.26. The highest BCUT2D eigenvalue weighted by Crippen LogP contribution is 2.39. The third-order valence-electron chi connectivity index (χ3n) is 12.5. The standard InChI is InChI=1S/C62H62N2S2.2CHF3O3S/c1-3-5-15-51-27-35-55(36-28-51)63(59-21-13-23-61(47-59)65-45-43-49-17-9-7-10-18-49)57-39-31-53(32-40-57)25-26-54-33-41-58(42-34-54)64(56-37-29-52(30-38-56)16-6-4-2)60-22-14-24-62(48-60)66-46-44-50-19-11-8-12-20-50;2*2-1(3,4)8(5,6)7/h7-14,17-42,47-48H,3-6,15-16,43-46H2,1-2H3;2*(H,5,6,7)/b26-25+;;. The lowest BCUT2D eigenvalue weighted by molar-refractivity contribution is -0.0514. The molecular weight excluding hydrogens is 1130 g/mol. The van der Waals surface area contributed by atoms with E-state index >= 15 is 0 Å². The molecule has 0 fully saturated rings. The van der Waals surface area contributed by atoms with E-state index < -0.39 is 31.3 Å². The number of nitrogens with zero attached hydrogens (tertiary/aromatic N) is 2. The molecule has 432 valence electrons. The minimum atomic E-state index is -5.84. The molecule has 0 saturated carbocycles. The van der Waals surface area contributed by atoms with Gasteiger partial charge in [0, 0.05) is 55.4 Å². The van der Waals surface area contributed by atoms with Crippen LogP contribution in [0.4, 0.5) is 60.5 Å². The third-order valence-corrected chi connectivity index (χ3v) is 15.7. The predicted octanol–water partition coefficient (Wildman–Crippen LogP) is 18.9. The Morgan fingerprint density at radius 3 is 0.976 bits per heavy atom. The monoisotopic (exact) mass is 1200 g/mol. The highest BCUT2D eigenvalue weighted by Gasteiger charge is 2.45. The first-order valence-corrected chi connectivity index (χ1v) is 31.2. The zero-order valence-corrected chi connectivity index (χ0v) is 48.4. The summed E-state index contributed by atoms with van der Waals surface area (Å²) in [4.78, 5) is 7.34. The number of hydrogen-bond donors (Lipinski definition) is 2. The third kappa shape index (κ3) is 20.6. The highest BCUT2D eigenvalue weighted by atomic mass is 32.2. The maximum Gasteiger partial charge on any atom is 0.522 e. The van der Waals surface area contributed by atoms with E-state index in [1.807, 2.05) is 23.5 Å². The molecule has 0 spiro atoms. The summed E-state index contributed by atoms with van der Waals surface area (Å²) in [6, 6.07) is 75.8. The van der Waals surface area contributed by atoms with E-state index in [4.69, 9.17) is 25.9 Å². The Kier molecular flexibility index (Phi) is 24.4. The maximum absolute atomic E-state index is 10.7. The van der Waals surface area contributed by atoms with Crippen LogP contribution < -0.4 is 9.80 Å². The lowest BCUT2D eigenvalue weighted by Crippen LogP contribution is -2.21. The highest BCUT2D eigenvalue weighted by molar-refractivity contribution is 7.99. The van der Waals surface area contributed by atoms with Crippen LogP contribution in [0.3, 0.4) is 0 Å². The van der Waals surface area contributed by atoms with Gasteiger partial charge in [-0.3, -0.25) is 9.11 Å². The zero-order chi connectivity index (χ0) is 59.2. The summed E-state index contributed by atoms with van der Waals surface area (Å²) in [6.07, 6.45) is 13.6. The molecule has 8 rings (SSSR count). The van der Waals surface area contributed by atoms with Gasteiger partial charge in [0.05, 0.1) is 0 Å². The average Bonchev–Trinajstić information content (AvgIpc) is 3.55. The molecule has 0 aromatic heterocycles. The average molecular weight is 1200 g/mol. The first-order valence-electron chi connectivity index (χ1n) is 26.4. The van der Waals surface area contributed by atoms with Gasteiger partial charge < -0.3 is 9.80 Å². The molecule has 0 aliphatic rings. The fraction of sp³-hybridized carbons (Fsp3) is 0.219. The minimum Gasteiger partial charge on any atom is -0.310 e. The van der Waals surface area contributed by atoms with Gasteiger partial charge in [-0.1, -0.05) is 160 Å². The number of unbranched alkanes of at least 4 members (excludes halogenated alkanes) is 2. The first kappa shape index (κ1) is 64.4. The van der Waals surface area contributed by atoms with Crippen LogP contribution in [0.1, 0.15) is 72.9 Å². The Bertz CT molecular complexity index is 3230. The molecule has 82 heavy (non-hydrogen) atoms. The summed E-state index contributed by atoms with van der Waals surface area (Å²) in [5.41, 5.74) is 3.74. The molecule has 8 nitrogen and oxygen atoms in total. The smallest absolute Gasteiger partial charge is 0.310 e. The van der Waals surface area contributed by atoms with Crippen molar-refractivity contribution in [3.8, 4) is 0 Å². The fourth-order valence-corrected chi connectivity index (χ4v) is 10.1. The Labute approximate surface area is 486 Å². The molecule has 0 aliphatic heterocycles. The van der Waals surface area contributed by atoms with Gasteiger partial charge in [-0.25, -0.2) is 0 Å². The van der Waals surface area contributed by atoms with Gasteiger partial charge in [0.25, 0.3) is 0 Å². The largest absolute Gasteiger partial charge is 0.522 e. The van der Waals surface area contributed by atoms with E-state index in [0.717, 1.165) is 59.7 Å². The van der Waals surface area contributed by atoms with Gasteiger partial charge in [-0.05, 0) is 157 Å². The summed E-state index contributed by atoms with van der Waals surface area (Å²) in [6.45, 7) is 4.52. The Hall–Kier alpha value is -6.80. The van der Waals surface area contributed by atoms with Crippen LogP contribution in [0, 0.1) is 0 Å². The van der Waals surface area contributed by atoms with E-state index in [2.05, 4.69) is 242 Å². The molecule has 0 unspecified atom stereocenters. The number of alkyl halides is 6. The number of rotatable bonds is 22. The quantitative estimate of drug-likeness (QED) is 0.0223. The number of halogens is 6. The molecule has 18 heteroatoms. The van der Waals surface area contributed by atoms with Crippen LogP contribution in [-0.4, -0.2) is 48.5 Å². The van der Waals surface area contributed by atoms with Crippen molar-refractivity contribution in [3.63, 3.8) is 0 Å². The van der Waals surface area contributed by atoms with Crippen LogP contribution in [0.2, 0.25) is 0 Å². The number of benzene rings is 8. The fourth-order valence-electron chi connectivity index (χ4n) is 8.23. The van der Waals surface area contributed by atoms with Crippen molar-refractivity contribution in [1.82, 2.24) is 0 Å². The Balaban J connectivity index is 0.000000591. The SMILES string of the molecule is CCCCc1ccc(N(c2ccc(/C=C/c3ccc(N(c4ccc(CCCC)cc4)c4cccc(SCCc5ccccc5)c4)cc3)cc2)c2cccc(SCCc3ccccc3)c2)cc1.O=S(=O)(O)C(F)(F)F.O=S(=O)(O)C(F)(F)F. The molecule has 0 aliphatic carbocycles. The van der Waals surface area contributed by atoms with Gasteiger partial charge >= 0.3 is 31.3 Å². The molecule has 8 aromatic rings. The van der Waals surface area contributed by atoms with Crippen molar-refractivity contribution in [2.75, 3.05) is 21.3 Å². The zero-order valence-electron chi connectivity index (χ0n) is 45.2. The van der Waals surface area contributed by atoms with Gasteiger partial charge in [-0.15, -0.1) is 23.5 Å². The summed E-state index contributed by atoms with van der Waals surface area (Å²) in [5.74, 6) is 2.08. The normalized spacial score (nSPS) is 11.8. The molecule has 0 atom stereocenters. The lowest BCUT2D eigenvalue weighted by atomic mass is 10.1. The van der Waals surface area contributed by atoms with Crippen molar-refractivity contribution < 1.29 is 52.3 Å². The summed E-state index contributed by atoms with van der Waals surface area (Å²) in [7, 11) is -11.7. The van der Waals surface area contributed by atoms with Crippen molar-refractivity contribution in [3.05, 3.63) is 240 Å². The van der Waals surface area contributed by atoms with E-state index in [0.29, 0.717) is 0 Å². The van der Waals surface area contributed by atoms with E-state index in [1.165, 1.54) is 80.5 Å². The first-order chi connectivity index (χ1) is 39.1. The molecule has 0 saturated heterocycles. The Morgan fingerprint density at radius 2 is 0.683 bits per heavy atom. The predicted molar refractivity (Wildman–Crippen MR) is 325 cm³/mol. The second-order valence-corrected chi connectivity index (χ2v) is 23.9. The van der Waals surface area contributed by atoms with Gasteiger partial charge in [0.15, 0.2) is 0 Å². The molecule has 0 amide bonds. The summed E-state index contributed by atoms with van der Waals surface area (Å²) >= 11 is 3.84. The Morgan fingerprint density at radius 1 is 0.390 bits per heavy atom. The molecule has 8 aromatic carbocycles. The minimum absolute atomic E-state index is 1.04. The van der Waals surface area contributed by atoms with Crippen molar-refractivity contribution in [2.24, 2.45) is 0 Å². The number of thioether (sulfide) groups is 2. The number of aryl methyl sites for hydroxylation is 4. The van der Waals surface area contributed by atoms with Crippen molar-refractivity contribution >= 4 is 90.0 Å². The summed E-state index contributed by atoms with van der Waals surface area (Å²) in [5, 5.41) is 0. The van der Waals surface area contributed by atoms with Crippen molar-refractivity contribution in [1.29, 1.82) is 0 Å². The molecular formula is C64H64F6N2O6S4. The van der Waals surface area contributed by atoms with E-state index in [-0.39, 0.29) is 0 Å². The van der Waals surface area contributed by atoms with Crippen LogP contribution >= 0.6 is 23.5 Å². The second kappa shape index (κ2) is 31.0. The van der Waals surface area contributed by atoms with E-state index in [9.17, 15) is 26.3 Å². The van der Waals surface area contributed by atoms with E-state index in [1.54, 1.807) is 0 Å². The van der Waals surface area contributed by atoms with Crippen molar-refractivity contribution in [2.45, 2.75) is 86.0 Å². The second-order valence-electron chi connectivity index (χ2n) is 18.7. The molecule has 0 bridgehead atoms. The number of hydrogen-bond acceptors (Lipinski definition) is 8. The molecule has 0 heterocycles. The van der Waals surface area contributed by atoms with Crippen LogP contribution in [-0.2, 0) is 45.9 Å². The van der Waals surface area contributed by atoms with Gasteiger partial charge in [0.2, 0.25) is 0 Å². The van der Waals surface area contributed by atoms with Gasteiger partial charge in [0.1, 0.15) is 0 Å². The maximum atomic E-state index is 10.7.